The summed E-state index contributed by atoms with van der Waals surface area (Å²) >= 11 is 6.12. The molecule has 1 aliphatic heterocycles. The van der Waals surface area contributed by atoms with Gasteiger partial charge in [-0.3, -0.25) is 4.99 Å². The van der Waals surface area contributed by atoms with Crippen molar-refractivity contribution in [2.75, 3.05) is 47.0 Å². The van der Waals surface area contributed by atoms with Gasteiger partial charge < -0.3 is 19.7 Å². The van der Waals surface area contributed by atoms with Crippen molar-refractivity contribution in [3.63, 3.8) is 0 Å². The SMILES string of the molecule is CN=C(NCC1(c2ccc(Cl)cc2)CCCC1)N1CCC(OCCCOC)CC1. The number of piperidine rings is 1. The van der Waals surface area contributed by atoms with Gasteiger partial charge in [-0.25, -0.2) is 0 Å². The Hall–Kier alpha value is -1.30. The van der Waals surface area contributed by atoms with Crippen LogP contribution in [0.2, 0.25) is 5.02 Å². The molecular formula is C23H36ClN3O2. The second-order valence-corrected chi connectivity index (χ2v) is 8.74. The number of methoxy groups -OCH3 is 1. The fourth-order valence-corrected chi connectivity index (χ4v) is 4.82. The first-order valence-corrected chi connectivity index (χ1v) is 11.4. The number of nitrogens with zero attached hydrogens (tertiary/aromatic N) is 2. The molecule has 0 bridgehead atoms. The quantitative estimate of drug-likeness (QED) is 0.387. The normalized spacial score (nSPS) is 20.2. The van der Waals surface area contributed by atoms with E-state index in [4.69, 9.17) is 21.1 Å². The maximum atomic E-state index is 6.12. The smallest absolute Gasteiger partial charge is 0.193 e. The maximum Gasteiger partial charge on any atom is 0.193 e. The largest absolute Gasteiger partial charge is 0.385 e. The molecule has 2 aliphatic rings. The molecule has 0 unspecified atom stereocenters. The topological polar surface area (TPSA) is 46.1 Å². The van der Waals surface area contributed by atoms with Gasteiger partial charge in [-0.05, 0) is 49.8 Å². The first-order valence-electron chi connectivity index (χ1n) is 11.0. The number of guanidine groups is 1. The minimum Gasteiger partial charge on any atom is -0.385 e. The minimum absolute atomic E-state index is 0.184. The van der Waals surface area contributed by atoms with E-state index < -0.39 is 0 Å². The zero-order valence-corrected chi connectivity index (χ0v) is 18.7. The Morgan fingerprint density at radius 2 is 1.86 bits per heavy atom. The van der Waals surface area contributed by atoms with Gasteiger partial charge >= 0.3 is 0 Å². The lowest BCUT2D eigenvalue weighted by atomic mass is 9.79. The highest BCUT2D eigenvalue weighted by Gasteiger charge is 2.36. The van der Waals surface area contributed by atoms with Gasteiger partial charge in [-0.15, -0.1) is 0 Å². The highest BCUT2D eigenvalue weighted by molar-refractivity contribution is 6.30. The van der Waals surface area contributed by atoms with E-state index in [0.717, 1.165) is 63.1 Å². The van der Waals surface area contributed by atoms with E-state index in [0.29, 0.717) is 6.10 Å². The Bertz CT molecular complexity index is 636. The molecule has 5 nitrogen and oxygen atoms in total. The minimum atomic E-state index is 0.184. The van der Waals surface area contributed by atoms with Gasteiger partial charge in [-0.1, -0.05) is 36.6 Å². The summed E-state index contributed by atoms with van der Waals surface area (Å²) < 4.78 is 11.1. The Morgan fingerprint density at radius 1 is 1.17 bits per heavy atom. The lowest BCUT2D eigenvalue weighted by molar-refractivity contribution is 0.00987. The van der Waals surface area contributed by atoms with E-state index in [1.165, 1.54) is 31.2 Å². The summed E-state index contributed by atoms with van der Waals surface area (Å²) in [7, 11) is 3.62. The fourth-order valence-electron chi connectivity index (χ4n) is 4.69. The van der Waals surface area contributed by atoms with Crippen molar-refractivity contribution in [3.05, 3.63) is 34.9 Å². The van der Waals surface area contributed by atoms with Crippen LogP contribution in [0.4, 0.5) is 0 Å². The average molecular weight is 422 g/mol. The molecule has 0 aromatic heterocycles. The first-order chi connectivity index (χ1) is 14.2. The molecule has 1 aliphatic carbocycles. The molecule has 1 aromatic rings. The van der Waals surface area contributed by atoms with E-state index in [-0.39, 0.29) is 5.41 Å². The third-order valence-electron chi connectivity index (χ3n) is 6.40. The molecular weight excluding hydrogens is 386 g/mol. The number of rotatable bonds is 8. The van der Waals surface area contributed by atoms with E-state index in [9.17, 15) is 0 Å². The number of aliphatic imine (C=N–C) groups is 1. The number of hydrogen-bond acceptors (Lipinski definition) is 3. The third kappa shape index (κ3) is 6.09. The Labute approximate surface area is 180 Å². The van der Waals surface area contributed by atoms with E-state index in [2.05, 4.69) is 27.3 Å². The zero-order valence-electron chi connectivity index (χ0n) is 18.0. The number of ether oxygens (including phenoxy) is 2. The fraction of sp³-hybridized carbons (Fsp3) is 0.696. The van der Waals surface area contributed by atoms with Gasteiger partial charge in [0.2, 0.25) is 0 Å². The van der Waals surface area contributed by atoms with Gasteiger partial charge in [-0.2, -0.15) is 0 Å². The number of halogens is 1. The summed E-state index contributed by atoms with van der Waals surface area (Å²) in [4.78, 5) is 6.95. The maximum absolute atomic E-state index is 6.12. The molecule has 1 saturated carbocycles. The van der Waals surface area contributed by atoms with Crippen molar-refractivity contribution < 1.29 is 9.47 Å². The van der Waals surface area contributed by atoms with Gasteiger partial charge in [0.15, 0.2) is 5.96 Å². The summed E-state index contributed by atoms with van der Waals surface area (Å²) in [5.41, 5.74) is 1.58. The van der Waals surface area contributed by atoms with Crippen molar-refractivity contribution in [2.45, 2.75) is 56.5 Å². The summed E-state index contributed by atoms with van der Waals surface area (Å²) in [6.07, 6.45) is 8.44. The lowest BCUT2D eigenvalue weighted by Gasteiger charge is -2.36. The van der Waals surface area contributed by atoms with Crippen LogP contribution in [0.25, 0.3) is 0 Å². The monoisotopic (exact) mass is 421 g/mol. The molecule has 0 amide bonds. The van der Waals surface area contributed by atoms with Gasteiger partial charge in [0, 0.05) is 57.4 Å². The second kappa shape index (κ2) is 11.2. The Morgan fingerprint density at radius 3 is 2.48 bits per heavy atom. The number of likely N-dealkylation sites (tertiary alicyclic amines) is 1. The van der Waals surface area contributed by atoms with Crippen molar-refractivity contribution in [3.8, 4) is 0 Å². The predicted molar refractivity (Wildman–Crippen MR) is 120 cm³/mol. The number of hydrogen-bond donors (Lipinski definition) is 1. The first kappa shape index (κ1) is 22.4. The van der Waals surface area contributed by atoms with Crippen LogP contribution in [0.15, 0.2) is 29.3 Å². The van der Waals surface area contributed by atoms with Crippen LogP contribution in [-0.2, 0) is 14.9 Å². The molecule has 0 atom stereocenters. The molecule has 1 heterocycles. The van der Waals surface area contributed by atoms with Crippen molar-refractivity contribution in [2.24, 2.45) is 4.99 Å². The molecule has 0 radical (unpaired) electrons. The molecule has 0 spiro atoms. The van der Waals surface area contributed by atoms with Gasteiger partial charge in [0.25, 0.3) is 0 Å². The summed E-state index contributed by atoms with van der Waals surface area (Å²) in [6.45, 7) is 4.46. The highest BCUT2D eigenvalue weighted by atomic mass is 35.5. The second-order valence-electron chi connectivity index (χ2n) is 8.30. The number of nitrogens with one attached hydrogen (secondary N) is 1. The van der Waals surface area contributed by atoms with E-state index >= 15 is 0 Å². The van der Waals surface area contributed by atoms with Crippen molar-refractivity contribution in [1.29, 1.82) is 0 Å². The van der Waals surface area contributed by atoms with Crippen LogP contribution in [0.5, 0.6) is 0 Å². The average Bonchev–Trinajstić information content (AvgIpc) is 3.23. The molecule has 1 saturated heterocycles. The molecule has 3 rings (SSSR count). The third-order valence-corrected chi connectivity index (χ3v) is 6.65. The van der Waals surface area contributed by atoms with Crippen molar-refractivity contribution in [1.82, 2.24) is 10.2 Å². The van der Waals surface area contributed by atoms with Crippen LogP contribution in [0.3, 0.4) is 0 Å². The summed E-state index contributed by atoms with van der Waals surface area (Å²) in [6, 6.07) is 8.43. The van der Waals surface area contributed by atoms with Gasteiger partial charge in [0.1, 0.15) is 0 Å². The van der Waals surface area contributed by atoms with E-state index in [1.807, 2.05) is 19.2 Å². The standard InChI is InChI=1S/C23H36ClN3O2/c1-25-22(27-14-10-21(11-15-27)29-17-5-16-28-2)26-18-23(12-3-4-13-23)19-6-8-20(24)9-7-19/h6-9,21H,3-5,10-18H2,1-2H3,(H,25,26). The summed E-state index contributed by atoms with van der Waals surface area (Å²) in [5.74, 6) is 1.02. The molecule has 6 heteroatoms. The van der Waals surface area contributed by atoms with Crippen molar-refractivity contribution >= 4 is 17.6 Å². The summed E-state index contributed by atoms with van der Waals surface area (Å²) in [5, 5.41) is 4.50. The Kier molecular flexibility index (Phi) is 8.64. The molecule has 162 valence electrons. The van der Waals surface area contributed by atoms with Crippen LogP contribution in [-0.4, -0.2) is 64.0 Å². The molecule has 29 heavy (non-hydrogen) atoms. The highest BCUT2D eigenvalue weighted by Crippen LogP contribution is 2.41. The van der Waals surface area contributed by atoms with Crippen LogP contribution < -0.4 is 5.32 Å². The molecule has 2 fully saturated rings. The van der Waals surface area contributed by atoms with E-state index in [1.54, 1.807) is 7.11 Å². The predicted octanol–water partition coefficient (Wildman–Crippen LogP) is 4.24. The van der Waals surface area contributed by atoms with Crippen LogP contribution in [0, 0.1) is 0 Å². The molecule has 1 aromatic carbocycles. The zero-order chi connectivity index (χ0) is 20.5. The van der Waals surface area contributed by atoms with Crippen LogP contribution in [0.1, 0.15) is 50.5 Å². The van der Waals surface area contributed by atoms with Crippen LogP contribution >= 0.6 is 11.6 Å². The molecule has 1 N–H and O–H groups in total. The van der Waals surface area contributed by atoms with Gasteiger partial charge in [0.05, 0.1) is 6.10 Å². The number of benzene rings is 1. The Balaban J connectivity index is 1.51. The lowest BCUT2D eigenvalue weighted by Crippen LogP contribution is -2.50.